The minimum atomic E-state index is -4.42. The fourth-order valence-electron chi connectivity index (χ4n) is 6.27. The van der Waals surface area contributed by atoms with Gasteiger partial charge in [-0.3, -0.25) is 4.90 Å². The number of carbonyl (C=O) groups excluding carboxylic acids is 1. The Labute approximate surface area is 223 Å². The van der Waals surface area contributed by atoms with Crippen LogP contribution in [-0.2, 0) is 11.6 Å². The SMILES string of the molecule is CC(C)N(CCN(C(=O)Nc1ccc(C(F)(F)F)cc1)[C@@H]1CC[C@]2(c3cccc(C#N)c3)CC2C1)C(C)C. The fraction of sp³-hybridized carbons (Fsp3) is 0.533. The van der Waals surface area contributed by atoms with Gasteiger partial charge in [0.1, 0.15) is 0 Å². The summed E-state index contributed by atoms with van der Waals surface area (Å²) in [6.45, 7) is 9.81. The van der Waals surface area contributed by atoms with Gasteiger partial charge >= 0.3 is 12.2 Å². The van der Waals surface area contributed by atoms with Gasteiger partial charge in [0.2, 0.25) is 0 Å². The number of benzene rings is 2. The summed E-state index contributed by atoms with van der Waals surface area (Å²) in [4.78, 5) is 17.8. The van der Waals surface area contributed by atoms with E-state index >= 15 is 0 Å². The van der Waals surface area contributed by atoms with Crippen LogP contribution < -0.4 is 5.32 Å². The molecule has 2 amide bonds. The minimum Gasteiger partial charge on any atom is -0.320 e. The first-order valence-electron chi connectivity index (χ1n) is 13.5. The molecule has 2 aromatic rings. The van der Waals surface area contributed by atoms with Crippen LogP contribution in [0.1, 0.15) is 70.1 Å². The summed E-state index contributed by atoms with van der Waals surface area (Å²) in [6, 6.07) is 15.1. The third-order valence-electron chi connectivity index (χ3n) is 8.37. The van der Waals surface area contributed by atoms with Gasteiger partial charge in [-0.2, -0.15) is 18.4 Å². The number of nitriles is 1. The van der Waals surface area contributed by atoms with Crippen molar-refractivity contribution in [3.63, 3.8) is 0 Å². The lowest BCUT2D eigenvalue weighted by molar-refractivity contribution is -0.137. The molecule has 2 saturated carbocycles. The highest BCUT2D eigenvalue weighted by atomic mass is 19.4. The quantitative estimate of drug-likeness (QED) is 0.401. The van der Waals surface area contributed by atoms with Crippen molar-refractivity contribution in [2.45, 2.75) is 83.1 Å². The molecule has 0 saturated heterocycles. The average Bonchev–Trinajstić information content (AvgIpc) is 3.61. The van der Waals surface area contributed by atoms with Crippen molar-refractivity contribution in [1.29, 1.82) is 5.26 Å². The van der Waals surface area contributed by atoms with Crippen LogP contribution in [0.15, 0.2) is 48.5 Å². The highest BCUT2D eigenvalue weighted by Gasteiger charge is 2.58. The van der Waals surface area contributed by atoms with Gasteiger partial charge in [0.25, 0.3) is 0 Å². The smallest absolute Gasteiger partial charge is 0.320 e. The molecule has 5 nitrogen and oxygen atoms in total. The topological polar surface area (TPSA) is 59.4 Å². The number of hydrogen-bond acceptors (Lipinski definition) is 3. The Kier molecular flexibility index (Phi) is 8.08. The third kappa shape index (κ3) is 5.99. The van der Waals surface area contributed by atoms with E-state index in [9.17, 15) is 23.2 Å². The Hall–Kier alpha value is -3.05. The lowest BCUT2D eigenvalue weighted by Crippen LogP contribution is -2.50. The van der Waals surface area contributed by atoms with E-state index in [1.165, 1.54) is 17.7 Å². The molecule has 2 aliphatic carbocycles. The van der Waals surface area contributed by atoms with Gasteiger partial charge in [0, 0.05) is 36.9 Å². The van der Waals surface area contributed by atoms with Crippen molar-refractivity contribution < 1.29 is 18.0 Å². The Morgan fingerprint density at radius 2 is 1.79 bits per heavy atom. The summed E-state index contributed by atoms with van der Waals surface area (Å²) in [6.07, 6.45) is -0.703. The van der Waals surface area contributed by atoms with E-state index in [-0.39, 0.29) is 17.5 Å². The standard InChI is InChI=1S/C30H37F3N4O/c1-20(2)36(21(3)4)14-15-37(28(38)35-26-10-8-23(9-11-26)30(31,32)33)27-12-13-29(18-25(29)17-27)24-7-5-6-22(16-24)19-34/h5-11,16,20-21,25,27H,12-15,17-18H2,1-4H3,(H,35,38)/t25?,27-,29-/m1/s1. The maximum atomic E-state index is 13.5. The number of carbonyl (C=O) groups is 1. The van der Waals surface area contributed by atoms with Crippen molar-refractivity contribution in [3.05, 3.63) is 65.2 Å². The van der Waals surface area contributed by atoms with Crippen LogP contribution in [0.5, 0.6) is 0 Å². The molecule has 0 radical (unpaired) electrons. The zero-order valence-corrected chi connectivity index (χ0v) is 22.6. The lowest BCUT2D eigenvalue weighted by atomic mass is 9.80. The zero-order chi connectivity index (χ0) is 27.7. The molecule has 0 aromatic heterocycles. The molecule has 2 aromatic carbocycles. The third-order valence-corrected chi connectivity index (χ3v) is 8.37. The highest BCUT2D eigenvalue weighted by molar-refractivity contribution is 5.89. The molecule has 8 heteroatoms. The van der Waals surface area contributed by atoms with Gasteiger partial charge in [-0.05, 0) is 107 Å². The monoisotopic (exact) mass is 526 g/mol. The summed E-state index contributed by atoms with van der Waals surface area (Å²) < 4.78 is 38.9. The molecule has 0 aliphatic heterocycles. The molecular formula is C30H37F3N4O. The van der Waals surface area contributed by atoms with Gasteiger partial charge in [-0.1, -0.05) is 12.1 Å². The summed E-state index contributed by atoms with van der Waals surface area (Å²) in [5.41, 5.74) is 1.58. The number of amides is 2. The number of nitrogens with one attached hydrogen (secondary N) is 1. The first-order chi connectivity index (χ1) is 17.9. The highest BCUT2D eigenvalue weighted by Crippen LogP contribution is 2.62. The Morgan fingerprint density at radius 1 is 1.11 bits per heavy atom. The maximum Gasteiger partial charge on any atom is 0.416 e. The number of hydrogen-bond donors (Lipinski definition) is 1. The summed E-state index contributed by atoms with van der Waals surface area (Å²) in [7, 11) is 0. The van der Waals surface area contributed by atoms with Crippen LogP contribution in [0.2, 0.25) is 0 Å². The largest absolute Gasteiger partial charge is 0.416 e. The van der Waals surface area contributed by atoms with Crippen molar-refractivity contribution in [2.24, 2.45) is 5.92 Å². The van der Waals surface area contributed by atoms with Crippen LogP contribution in [-0.4, -0.2) is 47.0 Å². The van der Waals surface area contributed by atoms with E-state index in [1.54, 1.807) is 0 Å². The Bertz CT molecular complexity index is 1160. The van der Waals surface area contributed by atoms with Gasteiger partial charge in [-0.25, -0.2) is 4.79 Å². The van der Waals surface area contributed by atoms with Crippen LogP contribution in [0.3, 0.4) is 0 Å². The minimum absolute atomic E-state index is 0.0467. The summed E-state index contributed by atoms with van der Waals surface area (Å²) in [5.74, 6) is 0.447. The van der Waals surface area contributed by atoms with Gasteiger partial charge in [0.05, 0.1) is 17.2 Å². The first kappa shape index (κ1) is 28.0. The molecule has 2 fully saturated rings. The Morgan fingerprint density at radius 3 is 2.37 bits per heavy atom. The number of nitrogens with zero attached hydrogens (tertiary/aromatic N) is 3. The molecule has 0 bridgehead atoms. The Balaban J connectivity index is 1.50. The summed E-state index contributed by atoms with van der Waals surface area (Å²) >= 11 is 0. The van der Waals surface area contributed by atoms with Crippen molar-refractivity contribution >= 4 is 11.7 Å². The molecule has 204 valence electrons. The van der Waals surface area contributed by atoms with Gasteiger partial charge in [0.15, 0.2) is 0 Å². The molecular weight excluding hydrogens is 489 g/mol. The van der Waals surface area contributed by atoms with Crippen LogP contribution in [0, 0.1) is 17.2 Å². The van der Waals surface area contributed by atoms with Crippen LogP contribution >= 0.6 is 0 Å². The normalized spacial score (nSPS) is 22.8. The molecule has 1 N–H and O–H groups in total. The lowest BCUT2D eigenvalue weighted by Gasteiger charge is -2.39. The summed E-state index contributed by atoms with van der Waals surface area (Å²) in [5, 5.41) is 12.2. The number of anilines is 1. The van der Waals surface area contributed by atoms with E-state index in [4.69, 9.17) is 0 Å². The predicted octanol–water partition coefficient (Wildman–Crippen LogP) is 7.04. The van der Waals surface area contributed by atoms with Gasteiger partial charge < -0.3 is 10.2 Å². The first-order valence-corrected chi connectivity index (χ1v) is 13.5. The number of urea groups is 1. The number of halogens is 3. The molecule has 3 atom stereocenters. The number of rotatable bonds is 8. The second kappa shape index (κ2) is 11.0. The molecule has 4 rings (SSSR count). The molecule has 1 unspecified atom stereocenters. The number of alkyl halides is 3. The fourth-order valence-corrected chi connectivity index (χ4v) is 6.27. The zero-order valence-electron chi connectivity index (χ0n) is 22.6. The molecule has 2 aliphatic rings. The maximum absolute atomic E-state index is 13.5. The second-order valence-electron chi connectivity index (χ2n) is 11.3. The molecule has 0 spiro atoms. The van der Waals surface area contributed by atoms with Crippen molar-refractivity contribution in [1.82, 2.24) is 9.80 Å². The van der Waals surface area contributed by atoms with Crippen LogP contribution in [0.4, 0.5) is 23.7 Å². The van der Waals surface area contributed by atoms with E-state index in [1.807, 2.05) is 23.1 Å². The van der Waals surface area contributed by atoms with E-state index < -0.39 is 11.7 Å². The molecule has 38 heavy (non-hydrogen) atoms. The number of fused-ring (bicyclic) bond motifs is 1. The van der Waals surface area contributed by atoms with Crippen molar-refractivity contribution in [2.75, 3.05) is 18.4 Å². The van der Waals surface area contributed by atoms with Crippen LogP contribution in [0.25, 0.3) is 0 Å². The van der Waals surface area contributed by atoms with E-state index in [0.29, 0.717) is 42.3 Å². The average molecular weight is 527 g/mol. The predicted molar refractivity (Wildman–Crippen MR) is 143 cm³/mol. The van der Waals surface area contributed by atoms with Crippen molar-refractivity contribution in [3.8, 4) is 6.07 Å². The second-order valence-corrected chi connectivity index (χ2v) is 11.3. The van der Waals surface area contributed by atoms with Gasteiger partial charge in [-0.15, -0.1) is 0 Å². The van der Waals surface area contributed by atoms with E-state index in [2.05, 4.69) is 50.0 Å². The molecule has 0 heterocycles. The van der Waals surface area contributed by atoms with E-state index in [0.717, 1.165) is 37.8 Å².